The van der Waals surface area contributed by atoms with E-state index in [0.29, 0.717) is 13.0 Å². The summed E-state index contributed by atoms with van der Waals surface area (Å²) in [4.78, 5) is 33.6. The van der Waals surface area contributed by atoms with Gasteiger partial charge in [0, 0.05) is 35.5 Å². The van der Waals surface area contributed by atoms with E-state index < -0.39 is 6.04 Å². The van der Waals surface area contributed by atoms with Crippen LogP contribution in [0.15, 0.2) is 48.3 Å². The highest BCUT2D eigenvalue weighted by Crippen LogP contribution is 2.46. The van der Waals surface area contributed by atoms with Crippen LogP contribution >= 0.6 is 0 Å². The first-order chi connectivity index (χ1) is 14.6. The van der Waals surface area contributed by atoms with E-state index >= 15 is 0 Å². The number of benzene rings is 1. The number of imide groups is 1. The SMILES string of the molecule is CCCCN1C(=O)C2Cc3c([nH]c4ccccc34)C(C3C=CC(OC)=CC3)N2C1=O. The molecule has 30 heavy (non-hydrogen) atoms. The van der Waals surface area contributed by atoms with Crippen molar-refractivity contribution in [3.63, 3.8) is 0 Å². The summed E-state index contributed by atoms with van der Waals surface area (Å²) in [6.07, 6.45) is 9.27. The van der Waals surface area contributed by atoms with Crippen molar-refractivity contribution >= 4 is 22.8 Å². The van der Waals surface area contributed by atoms with Crippen molar-refractivity contribution in [2.45, 2.75) is 44.7 Å². The molecule has 3 unspecified atom stereocenters. The first-order valence-electron chi connectivity index (χ1n) is 10.8. The molecule has 1 saturated heterocycles. The Balaban J connectivity index is 1.60. The van der Waals surface area contributed by atoms with Crippen LogP contribution in [-0.2, 0) is 16.0 Å². The summed E-state index contributed by atoms with van der Waals surface area (Å²) < 4.78 is 5.35. The van der Waals surface area contributed by atoms with E-state index in [1.54, 1.807) is 7.11 Å². The molecule has 3 amide bonds. The second kappa shape index (κ2) is 7.35. The van der Waals surface area contributed by atoms with Gasteiger partial charge >= 0.3 is 6.03 Å². The Kier molecular flexibility index (Phi) is 4.65. The van der Waals surface area contributed by atoms with Crippen LogP contribution in [0.2, 0.25) is 0 Å². The second-order valence-corrected chi connectivity index (χ2v) is 8.33. The molecule has 1 aliphatic carbocycles. The minimum atomic E-state index is -0.424. The Morgan fingerprint density at radius 3 is 2.80 bits per heavy atom. The molecule has 0 bridgehead atoms. The minimum absolute atomic E-state index is 0.0534. The van der Waals surface area contributed by atoms with Gasteiger partial charge in [0.25, 0.3) is 5.91 Å². The van der Waals surface area contributed by atoms with E-state index in [1.807, 2.05) is 23.1 Å². The number of rotatable bonds is 5. The Labute approximate surface area is 176 Å². The topological polar surface area (TPSA) is 65.6 Å². The van der Waals surface area contributed by atoms with Gasteiger partial charge in [-0.05, 0) is 36.6 Å². The molecule has 1 N–H and O–H groups in total. The fraction of sp³-hybridized carbons (Fsp3) is 0.417. The number of carbonyl (C=O) groups is 2. The first kappa shape index (κ1) is 19.0. The number of para-hydroxylation sites is 1. The summed E-state index contributed by atoms with van der Waals surface area (Å²) in [6.45, 7) is 2.57. The molecule has 0 spiro atoms. The number of H-pyrrole nitrogens is 1. The zero-order valence-electron chi connectivity index (χ0n) is 17.4. The number of methoxy groups -OCH3 is 1. The number of hydrogen-bond donors (Lipinski definition) is 1. The zero-order valence-corrected chi connectivity index (χ0v) is 17.4. The number of hydrogen-bond acceptors (Lipinski definition) is 3. The lowest BCUT2D eigenvalue weighted by atomic mass is 9.82. The number of carbonyl (C=O) groups excluding carboxylic acids is 2. The summed E-state index contributed by atoms with van der Waals surface area (Å²) in [5.74, 6) is 0.868. The third-order valence-electron chi connectivity index (χ3n) is 6.65. The van der Waals surface area contributed by atoms with E-state index in [4.69, 9.17) is 4.74 Å². The van der Waals surface area contributed by atoms with Crippen molar-refractivity contribution in [1.29, 1.82) is 0 Å². The number of amides is 3. The molecule has 1 aromatic carbocycles. The first-order valence-corrected chi connectivity index (χ1v) is 10.8. The van der Waals surface area contributed by atoms with Crippen molar-refractivity contribution in [3.05, 3.63) is 59.5 Å². The molecule has 6 nitrogen and oxygen atoms in total. The van der Waals surface area contributed by atoms with Crippen LogP contribution in [0.25, 0.3) is 10.9 Å². The van der Waals surface area contributed by atoms with E-state index in [9.17, 15) is 9.59 Å². The Morgan fingerprint density at radius 2 is 2.07 bits per heavy atom. The van der Waals surface area contributed by atoms with Crippen LogP contribution in [0.1, 0.15) is 43.5 Å². The Morgan fingerprint density at radius 1 is 1.23 bits per heavy atom. The molecule has 2 aromatic rings. The Hall–Kier alpha value is -3.02. The van der Waals surface area contributed by atoms with Gasteiger partial charge in [0.2, 0.25) is 0 Å². The van der Waals surface area contributed by atoms with E-state index in [1.165, 1.54) is 10.5 Å². The lowest BCUT2D eigenvalue weighted by Gasteiger charge is -2.39. The molecule has 156 valence electrons. The number of unbranched alkanes of at least 4 members (excludes halogenated alkanes) is 1. The molecule has 0 saturated carbocycles. The zero-order chi connectivity index (χ0) is 20.8. The van der Waals surface area contributed by atoms with Gasteiger partial charge in [0.15, 0.2) is 0 Å². The highest BCUT2D eigenvalue weighted by molar-refractivity contribution is 6.05. The number of allylic oxidation sites excluding steroid dienone is 2. The number of fused-ring (bicyclic) bond motifs is 4. The maximum Gasteiger partial charge on any atom is 0.328 e. The van der Waals surface area contributed by atoms with Crippen molar-refractivity contribution < 1.29 is 14.3 Å². The van der Waals surface area contributed by atoms with Gasteiger partial charge in [-0.1, -0.05) is 37.6 Å². The summed E-state index contributed by atoms with van der Waals surface area (Å²) in [6, 6.07) is 7.44. The molecule has 1 fully saturated rings. The predicted molar refractivity (Wildman–Crippen MR) is 115 cm³/mol. The van der Waals surface area contributed by atoms with Gasteiger partial charge in [-0.15, -0.1) is 0 Å². The van der Waals surface area contributed by atoms with Crippen LogP contribution in [-0.4, -0.2) is 46.4 Å². The molecular weight excluding hydrogens is 378 g/mol. The van der Waals surface area contributed by atoms with Crippen molar-refractivity contribution in [3.8, 4) is 0 Å². The normalized spacial score (nSPS) is 25.5. The van der Waals surface area contributed by atoms with Crippen molar-refractivity contribution in [2.24, 2.45) is 5.92 Å². The number of ether oxygens (including phenoxy) is 1. The third-order valence-corrected chi connectivity index (χ3v) is 6.65. The highest BCUT2D eigenvalue weighted by atomic mass is 16.5. The van der Waals surface area contributed by atoms with Gasteiger partial charge in [-0.25, -0.2) is 4.79 Å². The molecule has 6 heteroatoms. The molecule has 1 aromatic heterocycles. The average Bonchev–Trinajstić information content (AvgIpc) is 3.26. The largest absolute Gasteiger partial charge is 0.497 e. The van der Waals surface area contributed by atoms with Gasteiger partial charge in [-0.3, -0.25) is 9.69 Å². The van der Waals surface area contributed by atoms with E-state index in [0.717, 1.165) is 41.6 Å². The van der Waals surface area contributed by atoms with Crippen LogP contribution in [0.3, 0.4) is 0 Å². The molecular formula is C24H27N3O3. The Bertz CT molecular complexity index is 1070. The summed E-state index contributed by atoms with van der Waals surface area (Å²) in [5, 5.41) is 1.15. The average molecular weight is 405 g/mol. The van der Waals surface area contributed by atoms with Crippen LogP contribution < -0.4 is 0 Å². The van der Waals surface area contributed by atoms with Gasteiger partial charge in [0.05, 0.1) is 13.2 Å². The standard InChI is InChI=1S/C24H27N3O3/c1-3-4-13-26-23(28)20-14-18-17-7-5-6-8-19(17)25-21(18)22(27(20)24(26)29)15-9-11-16(30-2)12-10-15/h5-9,11-12,15,20,22,25H,3-4,10,13-14H2,1-2H3. The fourth-order valence-corrected chi connectivity index (χ4v) is 5.14. The third kappa shape index (κ3) is 2.77. The van der Waals surface area contributed by atoms with E-state index in [-0.39, 0.29) is 23.9 Å². The summed E-state index contributed by atoms with van der Waals surface area (Å²) >= 11 is 0. The second-order valence-electron chi connectivity index (χ2n) is 8.33. The highest BCUT2D eigenvalue weighted by Gasteiger charge is 2.53. The number of nitrogens with zero attached hydrogens (tertiary/aromatic N) is 2. The van der Waals surface area contributed by atoms with Crippen molar-refractivity contribution in [2.75, 3.05) is 13.7 Å². The van der Waals surface area contributed by atoms with Crippen molar-refractivity contribution in [1.82, 2.24) is 14.8 Å². The van der Waals surface area contributed by atoms with E-state index in [2.05, 4.69) is 36.2 Å². The quantitative estimate of drug-likeness (QED) is 0.754. The predicted octanol–water partition coefficient (Wildman–Crippen LogP) is 4.30. The molecule has 3 aliphatic rings. The van der Waals surface area contributed by atoms with Crippen LogP contribution in [0.5, 0.6) is 0 Å². The lowest BCUT2D eigenvalue weighted by molar-refractivity contribution is -0.128. The van der Waals surface area contributed by atoms with Gasteiger partial charge < -0.3 is 14.6 Å². The minimum Gasteiger partial charge on any atom is -0.497 e. The summed E-state index contributed by atoms with van der Waals surface area (Å²) in [7, 11) is 1.66. The number of aromatic amines is 1. The molecule has 3 atom stereocenters. The molecule has 3 heterocycles. The lowest BCUT2D eigenvalue weighted by Crippen LogP contribution is -2.46. The molecule has 0 radical (unpaired) electrons. The molecule has 2 aliphatic heterocycles. The molecule has 5 rings (SSSR count). The fourth-order valence-electron chi connectivity index (χ4n) is 5.14. The maximum absolute atomic E-state index is 13.4. The number of nitrogens with one attached hydrogen (secondary N) is 1. The monoisotopic (exact) mass is 405 g/mol. The van der Waals surface area contributed by atoms with Gasteiger partial charge in [-0.2, -0.15) is 0 Å². The maximum atomic E-state index is 13.4. The van der Waals surface area contributed by atoms with Gasteiger partial charge in [0.1, 0.15) is 11.8 Å². The number of urea groups is 1. The smallest absolute Gasteiger partial charge is 0.328 e. The number of aromatic nitrogens is 1. The van der Waals surface area contributed by atoms with Crippen LogP contribution in [0, 0.1) is 5.92 Å². The van der Waals surface area contributed by atoms with Crippen LogP contribution in [0.4, 0.5) is 4.79 Å². The summed E-state index contributed by atoms with van der Waals surface area (Å²) in [5.41, 5.74) is 3.30.